The third-order valence-corrected chi connectivity index (χ3v) is 5.71. The normalized spacial score (nSPS) is 34.7. The summed E-state index contributed by atoms with van der Waals surface area (Å²) in [5.41, 5.74) is 2.16. The minimum Gasteiger partial charge on any atom is -0.363 e. The van der Waals surface area contributed by atoms with Gasteiger partial charge >= 0.3 is 0 Å². The van der Waals surface area contributed by atoms with Gasteiger partial charge in [0, 0.05) is 19.2 Å². The molecule has 20 heavy (non-hydrogen) atoms. The highest BCUT2D eigenvalue weighted by Gasteiger charge is 2.61. The van der Waals surface area contributed by atoms with E-state index in [1.54, 1.807) is 11.9 Å². The third kappa shape index (κ3) is 1.32. The van der Waals surface area contributed by atoms with Crippen LogP contribution in [0, 0.1) is 0 Å². The Hall–Kier alpha value is -1.56. The van der Waals surface area contributed by atoms with Crippen molar-refractivity contribution in [1.82, 2.24) is 9.80 Å². The molecule has 1 N–H and O–H groups in total. The number of likely N-dealkylation sites (N-methyl/N-ethyl adjacent to an activating group) is 1. The van der Waals surface area contributed by atoms with Crippen molar-refractivity contribution < 1.29 is 9.59 Å². The molecule has 2 saturated heterocycles. The van der Waals surface area contributed by atoms with Crippen molar-refractivity contribution >= 4 is 33.4 Å². The number of alkyl halides is 1. The van der Waals surface area contributed by atoms with E-state index in [1.165, 1.54) is 4.90 Å². The second kappa shape index (κ2) is 3.75. The van der Waals surface area contributed by atoms with E-state index in [0.29, 0.717) is 6.42 Å². The first-order chi connectivity index (χ1) is 9.52. The van der Waals surface area contributed by atoms with Crippen molar-refractivity contribution in [3.63, 3.8) is 0 Å². The van der Waals surface area contributed by atoms with Gasteiger partial charge in [-0.3, -0.25) is 9.59 Å². The fourth-order valence-electron chi connectivity index (χ4n) is 3.59. The molecule has 1 aromatic rings. The van der Waals surface area contributed by atoms with Crippen molar-refractivity contribution in [3.8, 4) is 0 Å². The van der Waals surface area contributed by atoms with Crippen LogP contribution in [0.15, 0.2) is 24.3 Å². The van der Waals surface area contributed by atoms with Crippen LogP contribution in [0.3, 0.4) is 0 Å². The predicted octanol–water partition coefficient (Wildman–Crippen LogP) is 1.10. The molecule has 0 unspecified atom stereocenters. The number of carbonyl (C=O) groups is 2. The van der Waals surface area contributed by atoms with Crippen LogP contribution in [0.5, 0.6) is 0 Å². The van der Waals surface area contributed by atoms with Gasteiger partial charge in [-0.15, -0.1) is 0 Å². The molecule has 6 heteroatoms. The van der Waals surface area contributed by atoms with E-state index in [4.69, 9.17) is 0 Å². The first-order valence-electron chi connectivity index (χ1n) is 6.63. The van der Waals surface area contributed by atoms with Gasteiger partial charge in [-0.25, -0.2) is 0 Å². The number of fused-ring (bicyclic) bond motifs is 5. The van der Waals surface area contributed by atoms with Crippen molar-refractivity contribution in [1.29, 1.82) is 0 Å². The lowest BCUT2D eigenvalue weighted by molar-refractivity contribution is -0.153. The molecule has 0 aliphatic carbocycles. The molecule has 0 spiro atoms. The fraction of sp³-hybridized carbons (Fsp3) is 0.429. The molecule has 1 aromatic carbocycles. The number of hydrogen-bond donors (Lipinski definition) is 1. The summed E-state index contributed by atoms with van der Waals surface area (Å²) in [7, 11) is 1.69. The van der Waals surface area contributed by atoms with Gasteiger partial charge in [0.15, 0.2) is 0 Å². The van der Waals surface area contributed by atoms with E-state index in [1.807, 2.05) is 24.3 Å². The van der Waals surface area contributed by atoms with Gasteiger partial charge in [0.05, 0.1) is 10.9 Å². The molecule has 0 bridgehead atoms. The Balaban J connectivity index is 1.82. The highest BCUT2D eigenvalue weighted by atomic mass is 79.9. The average Bonchev–Trinajstić information content (AvgIpc) is 2.86. The zero-order chi connectivity index (χ0) is 14.1. The zero-order valence-corrected chi connectivity index (χ0v) is 12.6. The predicted molar refractivity (Wildman–Crippen MR) is 77.3 cm³/mol. The Morgan fingerprint density at radius 3 is 2.90 bits per heavy atom. The smallest absolute Gasteiger partial charge is 0.245 e. The van der Waals surface area contributed by atoms with E-state index < -0.39 is 0 Å². The van der Waals surface area contributed by atoms with Crippen molar-refractivity contribution in [2.24, 2.45) is 0 Å². The molecule has 3 atom stereocenters. The van der Waals surface area contributed by atoms with E-state index in [0.717, 1.165) is 11.3 Å². The number of anilines is 1. The number of halogens is 1. The minimum absolute atomic E-state index is 0.00345. The molecule has 2 amide bonds. The molecular formula is C14H14BrN3O2. The summed E-state index contributed by atoms with van der Waals surface area (Å²) in [6.07, 6.45) is 0.423. The number of para-hydroxylation sites is 1. The van der Waals surface area contributed by atoms with Crippen LogP contribution in [-0.2, 0) is 13.9 Å². The molecule has 2 fully saturated rings. The standard InChI is InChI=1S/C14H14BrN3O2/c1-17-7-11(19)18-10(12(17)20)6-14(15)8-4-2-3-5-9(8)16-13(14)18/h2-5,10,13,16H,6-7H2,1H3/t10-,13+,14-/m0/s1. The van der Waals surface area contributed by atoms with Crippen molar-refractivity contribution in [2.75, 3.05) is 18.9 Å². The molecule has 104 valence electrons. The number of amides is 2. The van der Waals surface area contributed by atoms with Crippen LogP contribution in [-0.4, -0.2) is 47.4 Å². The lowest BCUT2D eigenvalue weighted by Gasteiger charge is -2.37. The van der Waals surface area contributed by atoms with E-state index in [9.17, 15) is 9.59 Å². The number of piperazine rings is 1. The fourth-order valence-corrected chi connectivity index (χ4v) is 4.58. The lowest BCUT2D eigenvalue weighted by Crippen LogP contribution is -2.59. The van der Waals surface area contributed by atoms with Gasteiger partial charge in [-0.05, 0) is 11.6 Å². The summed E-state index contributed by atoms with van der Waals surface area (Å²) in [6, 6.07) is 7.64. The molecule has 3 aliphatic heterocycles. The van der Waals surface area contributed by atoms with E-state index in [2.05, 4.69) is 21.2 Å². The summed E-state index contributed by atoms with van der Waals surface area (Å²) in [6.45, 7) is 0.160. The topological polar surface area (TPSA) is 52.7 Å². The van der Waals surface area contributed by atoms with Gasteiger partial charge in [-0.2, -0.15) is 0 Å². The maximum atomic E-state index is 12.3. The lowest BCUT2D eigenvalue weighted by atomic mass is 9.95. The van der Waals surface area contributed by atoms with Crippen LogP contribution in [0.25, 0.3) is 0 Å². The largest absolute Gasteiger partial charge is 0.363 e. The maximum Gasteiger partial charge on any atom is 0.245 e. The van der Waals surface area contributed by atoms with Gasteiger partial charge in [0.1, 0.15) is 12.2 Å². The SMILES string of the molecule is CN1CC(=O)N2[C@H]3Nc4ccccc4[C@@]3(Br)C[C@H]2C1=O. The highest BCUT2D eigenvalue weighted by molar-refractivity contribution is 9.09. The molecule has 4 rings (SSSR count). The average molecular weight is 336 g/mol. The second-order valence-electron chi connectivity index (χ2n) is 5.67. The summed E-state index contributed by atoms with van der Waals surface area (Å²) in [5.74, 6) is 0.0286. The Morgan fingerprint density at radius 1 is 1.35 bits per heavy atom. The van der Waals surface area contributed by atoms with Crippen LogP contribution in [0.4, 0.5) is 5.69 Å². The summed E-state index contributed by atoms with van der Waals surface area (Å²) in [5, 5.41) is 3.39. The summed E-state index contributed by atoms with van der Waals surface area (Å²) < 4.78 is -0.370. The summed E-state index contributed by atoms with van der Waals surface area (Å²) in [4.78, 5) is 27.9. The third-order valence-electron chi connectivity index (χ3n) is 4.53. The summed E-state index contributed by atoms with van der Waals surface area (Å²) >= 11 is 3.81. The van der Waals surface area contributed by atoms with Gasteiger partial charge < -0.3 is 15.1 Å². The van der Waals surface area contributed by atoms with Crippen LogP contribution in [0.2, 0.25) is 0 Å². The number of rotatable bonds is 0. The highest BCUT2D eigenvalue weighted by Crippen LogP contribution is 2.55. The Bertz CT molecular complexity index is 635. The van der Waals surface area contributed by atoms with Gasteiger partial charge in [0.2, 0.25) is 11.8 Å². The van der Waals surface area contributed by atoms with Crippen LogP contribution < -0.4 is 5.32 Å². The van der Waals surface area contributed by atoms with Gasteiger partial charge in [0.25, 0.3) is 0 Å². The van der Waals surface area contributed by atoms with E-state index >= 15 is 0 Å². The van der Waals surface area contributed by atoms with Crippen LogP contribution >= 0.6 is 15.9 Å². The number of nitrogens with one attached hydrogen (secondary N) is 1. The molecule has 0 aromatic heterocycles. The van der Waals surface area contributed by atoms with Gasteiger partial charge in [-0.1, -0.05) is 34.1 Å². The number of nitrogens with zero attached hydrogens (tertiary/aromatic N) is 2. The first kappa shape index (κ1) is 12.2. The van der Waals surface area contributed by atoms with Crippen molar-refractivity contribution in [2.45, 2.75) is 23.0 Å². The minimum atomic E-state index is -0.370. The molecule has 5 nitrogen and oxygen atoms in total. The monoisotopic (exact) mass is 335 g/mol. The Labute approximate surface area is 125 Å². The second-order valence-corrected chi connectivity index (χ2v) is 7.09. The Kier molecular flexibility index (Phi) is 2.29. The molecule has 3 aliphatic rings. The first-order valence-corrected chi connectivity index (χ1v) is 7.43. The molecule has 0 saturated carbocycles. The zero-order valence-electron chi connectivity index (χ0n) is 11.0. The quantitative estimate of drug-likeness (QED) is 0.722. The van der Waals surface area contributed by atoms with E-state index in [-0.39, 0.29) is 34.9 Å². The molecule has 0 radical (unpaired) electrons. The molecular weight excluding hydrogens is 322 g/mol. The van der Waals surface area contributed by atoms with Crippen LogP contribution in [0.1, 0.15) is 12.0 Å². The molecule has 3 heterocycles. The van der Waals surface area contributed by atoms with Crippen molar-refractivity contribution in [3.05, 3.63) is 29.8 Å². The number of carbonyl (C=O) groups excluding carboxylic acids is 2. The maximum absolute atomic E-state index is 12.3. The number of benzene rings is 1. The Morgan fingerprint density at radius 2 is 2.10 bits per heavy atom. The number of hydrogen-bond acceptors (Lipinski definition) is 3.